The van der Waals surface area contributed by atoms with Gasteiger partial charge in [0.2, 0.25) is 5.75 Å². The molecule has 0 heterocycles. The number of para-hydroxylation sites is 1. The van der Waals surface area contributed by atoms with Gasteiger partial charge in [0.05, 0.1) is 20.8 Å². The van der Waals surface area contributed by atoms with Gasteiger partial charge in [-0.3, -0.25) is 0 Å². The maximum atomic E-state index is 6.02. The summed E-state index contributed by atoms with van der Waals surface area (Å²) in [4.78, 5) is 0. The lowest BCUT2D eigenvalue weighted by atomic mass is 9.80. The Morgan fingerprint density at radius 3 is 2.22 bits per heavy atom. The van der Waals surface area contributed by atoms with Crippen molar-refractivity contribution in [2.24, 2.45) is 5.73 Å². The van der Waals surface area contributed by atoms with Crippen LogP contribution in [-0.2, 0) is 5.41 Å². The summed E-state index contributed by atoms with van der Waals surface area (Å²) < 4.78 is 16.6. The van der Waals surface area contributed by atoms with E-state index in [1.807, 2.05) is 36.4 Å². The molecule has 23 heavy (non-hydrogen) atoms. The normalized spacial score (nSPS) is 13.2. The highest BCUT2D eigenvalue weighted by Crippen LogP contribution is 2.37. The first-order chi connectivity index (χ1) is 11.1. The second-order valence-electron chi connectivity index (χ2n) is 5.72. The molecule has 0 fully saturated rings. The Kier molecular flexibility index (Phi) is 5.88. The van der Waals surface area contributed by atoms with E-state index in [0.717, 1.165) is 6.42 Å². The van der Waals surface area contributed by atoms with Crippen LogP contribution >= 0.6 is 0 Å². The molecule has 124 valence electrons. The van der Waals surface area contributed by atoms with Crippen molar-refractivity contribution in [2.75, 3.05) is 27.4 Å². The van der Waals surface area contributed by atoms with Crippen molar-refractivity contribution in [3.05, 3.63) is 54.1 Å². The number of ether oxygens (including phenoxy) is 3. The van der Waals surface area contributed by atoms with Gasteiger partial charge in [-0.2, -0.15) is 0 Å². The first-order valence-electron chi connectivity index (χ1n) is 7.74. The SMILES string of the molecule is COc1cccc(OCCC(C)(CN)c2ccccc2)c1OC. The van der Waals surface area contributed by atoms with E-state index in [1.54, 1.807) is 14.2 Å². The minimum Gasteiger partial charge on any atom is -0.493 e. The molecule has 0 radical (unpaired) electrons. The van der Waals surface area contributed by atoms with Crippen LogP contribution in [0.2, 0.25) is 0 Å². The Morgan fingerprint density at radius 2 is 1.61 bits per heavy atom. The summed E-state index contributed by atoms with van der Waals surface area (Å²) in [6.07, 6.45) is 0.813. The van der Waals surface area contributed by atoms with E-state index in [-0.39, 0.29) is 5.41 Å². The van der Waals surface area contributed by atoms with Crippen molar-refractivity contribution >= 4 is 0 Å². The van der Waals surface area contributed by atoms with Crippen LogP contribution in [0.1, 0.15) is 18.9 Å². The van der Waals surface area contributed by atoms with Crippen LogP contribution in [0.25, 0.3) is 0 Å². The van der Waals surface area contributed by atoms with Crippen LogP contribution in [0.15, 0.2) is 48.5 Å². The van der Waals surface area contributed by atoms with Crippen molar-refractivity contribution in [3.8, 4) is 17.2 Å². The van der Waals surface area contributed by atoms with Gasteiger partial charge in [-0.05, 0) is 24.1 Å². The van der Waals surface area contributed by atoms with E-state index in [9.17, 15) is 0 Å². The van der Waals surface area contributed by atoms with Crippen LogP contribution in [-0.4, -0.2) is 27.4 Å². The molecule has 0 amide bonds. The largest absolute Gasteiger partial charge is 0.493 e. The fourth-order valence-electron chi connectivity index (χ4n) is 2.56. The maximum Gasteiger partial charge on any atom is 0.203 e. The zero-order valence-electron chi connectivity index (χ0n) is 14.0. The second kappa shape index (κ2) is 7.88. The molecule has 2 aromatic rings. The topological polar surface area (TPSA) is 53.7 Å². The second-order valence-corrected chi connectivity index (χ2v) is 5.72. The van der Waals surface area contributed by atoms with Gasteiger partial charge in [0, 0.05) is 12.0 Å². The first kappa shape index (κ1) is 17.2. The molecule has 0 aromatic heterocycles. The van der Waals surface area contributed by atoms with E-state index in [2.05, 4.69) is 19.1 Å². The van der Waals surface area contributed by atoms with Gasteiger partial charge in [0.1, 0.15) is 0 Å². The van der Waals surface area contributed by atoms with Gasteiger partial charge in [0.25, 0.3) is 0 Å². The van der Waals surface area contributed by atoms with Crippen LogP contribution < -0.4 is 19.9 Å². The minimum absolute atomic E-state index is 0.118. The molecule has 0 aliphatic carbocycles. The molecular formula is C19H25NO3. The Hall–Kier alpha value is -2.20. The van der Waals surface area contributed by atoms with Crippen LogP contribution in [0, 0.1) is 0 Å². The van der Waals surface area contributed by atoms with Gasteiger partial charge < -0.3 is 19.9 Å². The monoisotopic (exact) mass is 315 g/mol. The number of hydrogen-bond acceptors (Lipinski definition) is 4. The Labute approximate surface area is 138 Å². The number of hydrogen-bond donors (Lipinski definition) is 1. The van der Waals surface area contributed by atoms with Crippen molar-refractivity contribution < 1.29 is 14.2 Å². The summed E-state index contributed by atoms with van der Waals surface area (Å²) in [6, 6.07) is 15.9. The van der Waals surface area contributed by atoms with Crippen molar-refractivity contribution in [2.45, 2.75) is 18.8 Å². The average molecular weight is 315 g/mol. The van der Waals surface area contributed by atoms with Crippen LogP contribution in [0.4, 0.5) is 0 Å². The summed E-state index contributed by atoms with van der Waals surface area (Å²) in [6.45, 7) is 3.27. The van der Waals surface area contributed by atoms with Crippen LogP contribution in [0.3, 0.4) is 0 Å². The van der Waals surface area contributed by atoms with Crippen LogP contribution in [0.5, 0.6) is 17.2 Å². The average Bonchev–Trinajstić information content (AvgIpc) is 2.61. The lowest BCUT2D eigenvalue weighted by Gasteiger charge is -2.28. The molecule has 0 saturated heterocycles. The highest BCUT2D eigenvalue weighted by molar-refractivity contribution is 5.51. The lowest BCUT2D eigenvalue weighted by molar-refractivity contribution is 0.250. The van der Waals surface area contributed by atoms with E-state index in [0.29, 0.717) is 30.4 Å². The molecule has 1 unspecified atom stereocenters. The summed E-state index contributed by atoms with van der Waals surface area (Å²) in [5, 5.41) is 0. The van der Waals surface area contributed by atoms with Gasteiger partial charge in [-0.25, -0.2) is 0 Å². The fourth-order valence-corrected chi connectivity index (χ4v) is 2.56. The molecule has 0 saturated carbocycles. The summed E-state index contributed by atoms with van der Waals surface area (Å²) >= 11 is 0. The Morgan fingerprint density at radius 1 is 0.913 bits per heavy atom. The fraction of sp³-hybridized carbons (Fsp3) is 0.368. The standard InChI is InChI=1S/C19H25NO3/c1-19(14-20,15-8-5-4-6-9-15)12-13-23-17-11-7-10-16(21-2)18(17)22-3/h4-11H,12-14,20H2,1-3H3. The molecular weight excluding hydrogens is 290 g/mol. The smallest absolute Gasteiger partial charge is 0.203 e. The number of methoxy groups -OCH3 is 2. The number of benzene rings is 2. The van der Waals surface area contributed by atoms with Gasteiger partial charge in [0.15, 0.2) is 11.5 Å². The maximum absolute atomic E-state index is 6.02. The molecule has 0 aliphatic heterocycles. The summed E-state index contributed by atoms with van der Waals surface area (Å²) in [5.74, 6) is 1.96. The van der Waals surface area contributed by atoms with E-state index in [1.165, 1.54) is 5.56 Å². The third-order valence-electron chi connectivity index (χ3n) is 4.20. The number of rotatable bonds is 8. The predicted octanol–water partition coefficient (Wildman–Crippen LogP) is 3.39. The first-order valence-corrected chi connectivity index (χ1v) is 7.74. The van der Waals surface area contributed by atoms with Gasteiger partial charge in [-0.15, -0.1) is 0 Å². The predicted molar refractivity (Wildman–Crippen MR) is 92.5 cm³/mol. The number of nitrogens with two attached hydrogens (primary N) is 1. The summed E-state index contributed by atoms with van der Waals surface area (Å²) in [5.41, 5.74) is 7.13. The molecule has 4 heteroatoms. The third-order valence-corrected chi connectivity index (χ3v) is 4.20. The molecule has 0 bridgehead atoms. The molecule has 2 rings (SSSR count). The van der Waals surface area contributed by atoms with E-state index in [4.69, 9.17) is 19.9 Å². The Bertz CT molecular complexity index is 615. The highest BCUT2D eigenvalue weighted by atomic mass is 16.5. The zero-order chi connectivity index (χ0) is 16.7. The zero-order valence-corrected chi connectivity index (χ0v) is 14.0. The van der Waals surface area contributed by atoms with E-state index >= 15 is 0 Å². The highest BCUT2D eigenvalue weighted by Gasteiger charge is 2.25. The Balaban J connectivity index is 2.07. The van der Waals surface area contributed by atoms with Crippen molar-refractivity contribution in [3.63, 3.8) is 0 Å². The molecule has 0 spiro atoms. The van der Waals surface area contributed by atoms with Gasteiger partial charge >= 0.3 is 0 Å². The molecule has 4 nitrogen and oxygen atoms in total. The summed E-state index contributed by atoms with van der Waals surface area (Å²) in [7, 11) is 3.22. The van der Waals surface area contributed by atoms with E-state index < -0.39 is 0 Å². The molecule has 2 aromatic carbocycles. The molecule has 1 atom stereocenters. The molecule has 2 N–H and O–H groups in total. The quantitative estimate of drug-likeness (QED) is 0.811. The van der Waals surface area contributed by atoms with Crippen molar-refractivity contribution in [1.82, 2.24) is 0 Å². The lowest BCUT2D eigenvalue weighted by Crippen LogP contribution is -2.33. The van der Waals surface area contributed by atoms with Gasteiger partial charge in [-0.1, -0.05) is 43.3 Å². The third kappa shape index (κ3) is 3.96. The minimum atomic E-state index is -0.118. The molecule has 0 aliphatic rings. The van der Waals surface area contributed by atoms with Crippen molar-refractivity contribution in [1.29, 1.82) is 0 Å².